The van der Waals surface area contributed by atoms with E-state index < -0.39 is 0 Å². The summed E-state index contributed by atoms with van der Waals surface area (Å²) in [5, 5.41) is 3.40. The number of hydrogen-bond acceptors (Lipinski definition) is 2. The Hall–Kier alpha value is -0.570. The molecular formula is C15H28N2O. The van der Waals surface area contributed by atoms with E-state index in [1.54, 1.807) is 0 Å². The van der Waals surface area contributed by atoms with Gasteiger partial charge in [-0.25, -0.2) is 0 Å². The Balaban J connectivity index is 1.83. The highest BCUT2D eigenvalue weighted by molar-refractivity contribution is 5.79. The number of piperazine rings is 1. The molecule has 0 radical (unpaired) electrons. The van der Waals surface area contributed by atoms with E-state index in [1.165, 1.54) is 12.8 Å². The van der Waals surface area contributed by atoms with Gasteiger partial charge in [-0.2, -0.15) is 0 Å². The molecule has 0 bridgehead atoms. The smallest absolute Gasteiger partial charge is 0.225 e. The first-order chi connectivity index (χ1) is 8.58. The zero-order chi connectivity index (χ0) is 13.1. The van der Waals surface area contributed by atoms with Gasteiger partial charge < -0.3 is 10.2 Å². The largest absolute Gasteiger partial charge is 0.340 e. The summed E-state index contributed by atoms with van der Waals surface area (Å²) in [5.74, 6) is 2.35. The molecule has 0 spiro atoms. The molecule has 0 aromatic rings. The van der Waals surface area contributed by atoms with E-state index in [0.29, 0.717) is 17.9 Å². The van der Waals surface area contributed by atoms with E-state index in [-0.39, 0.29) is 0 Å². The zero-order valence-corrected chi connectivity index (χ0v) is 12.1. The fraction of sp³-hybridized carbons (Fsp3) is 0.933. The summed E-state index contributed by atoms with van der Waals surface area (Å²) in [5.41, 5.74) is 0. The van der Waals surface area contributed by atoms with E-state index in [0.717, 1.165) is 44.3 Å². The molecule has 1 heterocycles. The second-order valence-electron chi connectivity index (χ2n) is 6.50. The van der Waals surface area contributed by atoms with Crippen LogP contribution in [-0.2, 0) is 4.79 Å². The van der Waals surface area contributed by atoms with Crippen molar-refractivity contribution in [3.05, 3.63) is 0 Å². The van der Waals surface area contributed by atoms with Crippen LogP contribution in [0.3, 0.4) is 0 Å². The van der Waals surface area contributed by atoms with Crippen molar-refractivity contribution < 1.29 is 4.79 Å². The highest BCUT2D eigenvalue weighted by atomic mass is 16.2. The average Bonchev–Trinajstić information content (AvgIpc) is 2.38. The van der Waals surface area contributed by atoms with Crippen molar-refractivity contribution in [2.75, 3.05) is 19.6 Å². The summed E-state index contributed by atoms with van der Waals surface area (Å²) >= 11 is 0. The van der Waals surface area contributed by atoms with Crippen LogP contribution in [0.15, 0.2) is 0 Å². The van der Waals surface area contributed by atoms with Gasteiger partial charge in [-0.05, 0) is 44.4 Å². The average molecular weight is 252 g/mol. The highest BCUT2D eigenvalue weighted by Gasteiger charge is 2.31. The van der Waals surface area contributed by atoms with Crippen LogP contribution in [0.25, 0.3) is 0 Å². The molecule has 1 aliphatic carbocycles. The molecule has 1 N–H and O–H groups in total. The van der Waals surface area contributed by atoms with Crippen LogP contribution >= 0.6 is 0 Å². The van der Waals surface area contributed by atoms with Crippen LogP contribution in [0.5, 0.6) is 0 Å². The number of amides is 1. The molecule has 104 valence electrons. The number of rotatable bonds is 2. The third kappa shape index (κ3) is 3.25. The lowest BCUT2D eigenvalue weighted by Gasteiger charge is -2.37. The van der Waals surface area contributed by atoms with E-state index in [9.17, 15) is 4.79 Å². The van der Waals surface area contributed by atoms with Crippen molar-refractivity contribution in [2.24, 2.45) is 17.8 Å². The quantitative estimate of drug-likeness (QED) is 0.817. The van der Waals surface area contributed by atoms with Gasteiger partial charge in [0, 0.05) is 31.6 Å². The van der Waals surface area contributed by atoms with Crippen LogP contribution in [0.1, 0.15) is 46.5 Å². The maximum Gasteiger partial charge on any atom is 0.225 e. The van der Waals surface area contributed by atoms with Gasteiger partial charge in [-0.1, -0.05) is 13.8 Å². The summed E-state index contributed by atoms with van der Waals surface area (Å²) in [6.07, 6.45) is 4.71. The van der Waals surface area contributed by atoms with Crippen LogP contribution in [-0.4, -0.2) is 36.5 Å². The minimum atomic E-state index is 0.310. The Morgan fingerprint density at radius 3 is 2.44 bits per heavy atom. The molecule has 1 saturated carbocycles. The molecule has 2 aliphatic rings. The summed E-state index contributed by atoms with van der Waals surface area (Å²) in [6.45, 7) is 9.52. The number of carbonyl (C=O) groups excluding carboxylic acids is 1. The highest BCUT2D eigenvalue weighted by Crippen LogP contribution is 2.34. The van der Waals surface area contributed by atoms with Crippen LogP contribution in [0.4, 0.5) is 0 Å². The fourth-order valence-corrected chi connectivity index (χ4v) is 3.42. The van der Waals surface area contributed by atoms with Gasteiger partial charge in [0.25, 0.3) is 0 Å². The van der Waals surface area contributed by atoms with Crippen molar-refractivity contribution in [2.45, 2.75) is 52.5 Å². The molecule has 1 atom stereocenters. The molecule has 1 saturated heterocycles. The van der Waals surface area contributed by atoms with Crippen LogP contribution in [0.2, 0.25) is 0 Å². The molecule has 2 fully saturated rings. The van der Waals surface area contributed by atoms with Crippen molar-refractivity contribution in [3.63, 3.8) is 0 Å². The molecule has 3 nitrogen and oxygen atoms in total. The minimum absolute atomic E-state index is 0.310. The summed E-state index contributed by atoms with van der Waals surface area (Å²) in [7, 11) is 0. The van der Waals surface area contributed by atoms with Crippen molar-refractivity contribution >= 4 is 5.91 Å². The topological polar surface area (TPSA) is 32.3 Å². The van der Waals surface area contributed by atoms with Gasteiger partial charge in [0.15, 0.2) is 0 Å². The normalized spacial score (nSPS) is 33.8. The van der Waals surface area contributed by atoms with Gasteiger partial charge in [0.05, 0.1) is 0 Å². The summed E-state index contributed by atoms with van der Waals surface area (Å²) < 4.78 is 0. The molecule has 0 unspecified atom stereocenters. The standard InChI is InChI=1S/C15H28N2O/c1-11(2)13-4-6-14(7-5-13)15(18)17-9-8-16-12(3)10-17/h11-14,16H,4-10H2,1-3H3/t12-,13-,14+/m0/s1. The fourth-order valence-electron chi connectivity index (χ4n) is 3.42. The Morgan fingerprint density at radius 2 is 1.89 bits per heavy atom. The van der Waals surface area contributed by atoms with Gasteiger partial charge in [-0.15, -0.1) is 0 Å². The molecule has 0 aromatic heterocycles. The summed E-state index contributed by atoms with van der Waals surface area (Å²) in [4.78, 5) is 14.6. The Morgan fingerprint density at radius 1 is 1.22 bits per heavy atom. The first kappa shape index (κ1) is 13.9. The molecule has 0 aromatic carbocycles. The second-order valence-corrected chi connectivity index (χ2v) is 6.50. The first-order valence-corrected chi connectivity index (χ1v) is 7.60. The first-order valence-electron chi connectivity index (χ1n) is 7.60. The minimum Gasteiger partial charge on any atom is -0.340 e. The summed E-state index contributed by atoms with van der Waals surface area (Å²) in [6, 6.07) is 0.453. The molecule has 1 aliphatic heterocycles. The monoisotopic (exact) mass is 252 g/mol. The van der Waals surface area contributed by atoms with Gasteiger partial charge in [0.1, 0.15) is 0 Å². The molecular weight excluding hydrogens is 224 g/mol. The van der Waals surface area contributed by atoms with Crippen LogP contribution < -0.4 is 5.32 Å². The lowest BCUT2D eigenvalue weighted by Crippen LogP contribution is -2.53. The Bertz CT molecular complexity index is 282. The van der Waals surface area contributed by atoms with Crippen molar-refractivity contribution in [1.82, 2.24) is 10.2 Å². The van der Waals surface area contributed by atoms with Crippen molar-refractivity contribution in [3.8, 4) is 0 Å². The number of hydrogen-bond donors (Lipinski definition) is 1. The molecule has 3 heteroatoms. The molecule has 2 rings (SSSR count). The lowest BCUT2D eigenvalue weighted by molar-refractivity contribution is -0.138. The lowest BCUT2D eigenvalue weighted by atomic mass is 9.76. The number of nitrogens with zero attached hydrogens (tertiary/aromatic N) is 1. The number of carbonyl (C=O) groups is 1. The van der Waals surface area contributed by atoms with E-state index in [2.05, 4.69) is 31.0 Å². The van der Waals surface area contributed by atoms with Crippen molar-refractivity contribution in [1.29, 1.82) is 0 Å². The van der Waals surface area contributed by atoms with Gasteiger partial charge in [0.2, 0.25) is 5.91 Å². The molecule has 18 heavy (non-hydrogen) atoms. The maximum atomic E-state index is 12.5. The third-order valence-corrected chi connectivity index (χ3v) is 4.74. The van der Waals surface area contributed by atoms with E-state index in [4.69, 9.17) is 0 Å². The van der Waals surface area contributed by atoms with Crippen LogP contribution in [0, 0.1) is 17.8 Å². The zero-order valence-electron chi connectivity index (χ0n) is 12.1. The molecule has 1 amide bonds. The predicted molar refractivity (Wildman–Crippen MR) is 74.3 cm³/mol. The van der Waals surface area contributed by atoms with Gasteiger partial charge >= 0.3 is 0 Å². The van der Waals surface area contributed by atoms with Gasteiger partial charge in [-0.3, -0.25) is 4.79 Å². The van der Waals surface area contributed by atoms with E-state index in [1.807, 2.05) is 0 Å². The van der Waals surface area contributed by atoms with E-state index >= 15 is 0 Å². The Labute approximate surface area is 111 Å². The Kier molecular flexibility index (Phi) is 4.66. The second kappa shape index (κ2) is 6.05. The third-order valence-electron chi connectivity index (χ3n) is 4.74. The number of nitrogens with one attached hydrogen (secondary N) is 1. The predicted octanol–water partition coefficient (Wildman–Crippen LogP) is 2.27. The maximum absolute atomic E-state index is 12.5. The SMILES string of the molecule is CC(C)[C@H]1CC[C@@H](C(=O)N2CCN[C@@H](C)C2)CC1.